The van der Waals surface area contributed by atoms with E-state index >= 15 is 0 Å². The van der Waals surface area contributed by atoms with Gasteiger partial charge in [0, 0.05) is 16.7 Å². The van der Waals surface area contributed by atoms with E-state index in [-0.39, 0.29) is 5.56 Å². The zero-order valence-corrected chi connectivity index (χ0v) is 13.1. The van der Waals surface area contributed by atoms with Gasteiger partial charge in [-0.15, -0.1) is 0 Å². The molecule has 0 aliphatic rings. The van der Waals surface area contributed by atoms with E-state index in [2.05, 4.69) is 4.98 Å². The van der Waals surface area contributed by atoms with Crippen LogP contribution in [-0.4, -0.2) is 4.98 Å². The largest absolute Gasteiger partial charge is 0.264 e. The van der Waals surface area contributed by atoms with Gasteiger partial charge in [0.15, 0.2) is 0 Å². The second kappa shape index (κ2) is 6.29. The Bertz CT molecular complexity index is 742. The third-order valence-corrected chi connectivity index (χ3v) is 3.79. The molecule has 116 valence electrons. The number of hydrogen-bond donors (Lipinski definition) is 0. The van der Waals surface area contributed by atoms with Crippen molar-refractivity contribution < 1.29 is 8.78 Å². The van der Waals surface area contributed by atoms with Crippen LogP contribution in [0.25, 0.3) is 22.5 Å². The van der Waals surface area contributed by atoms with Crippen LogP contribution in [0.3, 0.4) is 0 Å². The summed E-state index contributed by atoms with van der Waals surface area (Å²) in [6.07, 6.45) is -2.52. The molecule has 3 aromatic rings. The number of alkyl halides is 2. The number of benzene rings is 2. The molecule has 0 N–H and O–H groups in total. The van der Waals surface area contributed by atoms with E-state index in [4.69, 9.17) is 0 Å². The Hall–Kier alpha value is -2.55. The van der Waals surface area contributed by atoms with Crippen molar-refractivity contribution in [3.05, 3.63) is 77.4 Å². The van der Waals surface area contributed by atoms with Gasteiger partial charge in [-0.2, -0.15) is 0 Å². The van der Waals surface area contributed by atoms with Gasteiger partial charge in [0.2, 0.25) is 0 Å². The predicted octanol–water partition coefficient (Wildman–Crippen LogP) is 5.97. The first kappa shape index (κ1) is 15.3. The zero-order chi connectivity index (χ0) is 16.4. The summed E-state index contributed by atoms with van der Waals surface area (Å²) in [6, 6.07) is 18.4. The monoisotopic (exact) mass is 309 g/mol. The van der Waals surface area contributed by atoms with E-state index < -0.39 is 6.43 Å². The molecule has 1 nitrogen and oxygen atoms in total. The summed E-state index contributed by atoms with van der Waals surface area (Å²) >= 11 is 0. The second-order valence-corrected chi connectivity index (χ2v) is 5.70. The smallest absolute Gasteiger partial charge is 0.248 e. The Morgan fingerprint density at radius 1 is 0.696 bits per heavy atom. The standard InChI is InChI=1S/C20H17F2N/c1-13-3-7-15(8-4-13)18-11-17(20(21)22)12-19(23-18)16-9-5-14(2)6-10-16/h3-12,20H,1-2H3. The molecule has 1 heterocycles. The summed E-state index contributed by atoms with van der Waals surface area (Å²) in [5.41, 5.74) is 5.05. The van der Waals surface area contributed by atoms with Crippen molar-refractivity contribution in [3.8, 4) is 22.5 Å². The van der Waals surface area contributed by atoms with Crippen LogP contribution in [0.4, 0.5) is 8.78 Å². The van der Waals surface area contributed by atoms with Gasteiger partial charge >= 0.3 is 0 Å². The van der Waals surface area contributed by atoms with Crippen LogP contribution in [0.15, 0.2) is 60.7 Å². The number of halogens is 2. The lowest BCUT2D eigenvalue weighted by Gasteiger charge is -2.10. The van der Waals surface area contributed by atoms with Crippen LogP contribution in [0, 0.1) is 13.8 Å². The summed E-state index contributed by atoms with van der Waals surface area (Å²) in [7, 11) is 0. The molecule has 0 amide bonds. The molecule has 3 heteroatoms. The van der Waals surface area contributed by atoms with E-state index in [1.165, 1.54) is 12.1 Å². The zero-order valence-electron chi connectivity index (χ0n) is 13.1. The van der Waals surface area contributed by atoms with Crippen molar-refractivity contribution in [2.45, 2.75) is 20.3 Å². The normalized spacial score (nSPS) is 11.0. The Labute approximate surface area is 134 Å². The Kier molecular flexibility index (Phi) is 4.20. The van der Waals surface area contributed by atoms with Crippen LogP contribution in [0.5, 0.6) is 0 Å². The molecule has 0 aliphatic heterocycles. The van der Waals surface area contributed by atoms with E-state index in [0.29, 0.717) is 11.4 Å². The van der Waals surface area contributed by atoms with E-state index in [9.17, 15) is 8.78 Å². The summed E-state index contributed by atoms with van der Waals surface area (Å²) in [6.45, 7) is 3.98. The van der Waals surface area contributed by atoms with Crippen LogP contribution < -0.4 is 0 Å². The van der Waals surface area contributed by atoms with Gasteiger partial charge in [-0.25, -0.2) is 13.8 Å². The number of rotatable bonds is 3. The minimum absolute atomic E-state index is 0.00819. The number of pyridine rings is 1. The van der Waals surface area contributed by atoms with Crippen molar-refractivity contribution in [2.75, 3.05) is 0 Å². The first-order valence-electron chi connectivity index (χ1n) is 7.47. The average molecular weight is 309 g/mol. The van der Waals surface area contributed by atoms with Gasteiger partial charge < -0.3 is 0 Å². The number of aromatic nitrogens is 1. The third-order valence-electron chi connectivity index (χ3n) is 3.79. The van der Waals surface area contributed by atoms with Crippen LogP contribution in [0.1, 0.15) is 23.1 Å². The molecule has 0 atom stereocenters. The Balaban J connectivity index is 2.13. The van der Waals surface area contributed by atoms with E-state index in [0.717, 1.165) is 22.3 Å². The Morgan fingerprint density at radius 3 is 1.43 bits per heavy atom. The molecular weight excluding hydrogens is 292 g/mol. The predicted molar refractivity (Wildman–Crippen MR) is 89.5 cm³/mol. The van der Waals surface area contributed by atoms with Gasteiger partial charge in [-0.3, -0.25) is 0 Å². The molecule has 0 spiro atoms. The molecule has 0 aliphatic carbocycles. The maximum atomic E-state index is 13.3. The number of nitrogens with zero attached hydrogens (tertiary/aromatic N) is 1. The van der Waals surface area contributed by atoms with Gasteiger partial charge in [0.05, 0.1) is 11.4 Å². The minimum atomic E-state index is -2.52. The highest BCUT2D eigenvalue weighted by Crippen LogP contribution is 2.29. The van der Waals surface area contributed by atoms with E-state index in [1.54, 1.807) is 0 Å². The summed E-state index contributed by atoms with van der Waals surface area (Å²) < 4.78 is 26.5. The maximum absolute atomic E-state index is 13.3. The molecule has 23 heavy (non-hydrogen) atoms. The third kappa shape index (κ3) is 3.45. The molecule has 2 aromatic carbocycles. The van der Waals surface area contributed by atoms with Gasteiger partial charge in [0.1, 0.15) is 0 Å². The van der Waals surface area contributed by atoms with Crippen molar-refractivity contribution in [3.63, 3.8) is 0 Å². The van der Waals surface area contributed by atoms with Crippen molar-refractivity contribution in [1.29, 1.82) is 0 Å². The highest BCUT2D eigenvalue weighted by atomic mass is 19.3. The minimum Gasteiger partial charge on any atom is -0.248 e. The van der Waals surface area contributed by atoms with Crippen LogP contribution in [0.2, 0.25) is 0 Å². The lowest BCUT2D eigenvalue weighted by molar-refractivity contribution is 0.151. The first-order chi connectivity index (χ1) is 11.0. The molecule has 0 fully saturated rings. The van der Waals surface area contributed by atoms with Gasteiger partial charge in [0.25, 0.3) is 6.43 Å². The summed E-state index contributed by atoms with van der Waals surface area (Å²) in [4.78, 5) is 4.58. The summed E-state index contributed by atoms with van der Waals surface area (Å²) in [5.74, 6) is 0. The highest BCUT2D eigenvalue weighted by Gasteiger charge is 2.13. The van der Waals surface area contributed by atoms with Crippen molar-refractivity contribution in [1.82, 2.24) is 4.98 Å². The molecule has 0 saturated carbocycles. The molecule has 3 rings (SSSR count). The maximum Gasteiger partial charge on any atom is 0.264 e. The molecular formula is C20H17F2N. The van der Waals surface area contributed by atoms with Crippen molar-refractivity contribution in [2.24, 2.45) is 0 Å². The van der Waals surface area contributed by atoms with Gasteiger partial charge in [-0.1, -0.05) is 59.7 Å². The number of hydrogen-bond acceptors (Lipinski definition) is 1. The summed E-state index contributed by atoms with van der Waals surface area (Å²) in [5, 5.41) is 0. The molecule has 0 bridgehead atoms. The lowest BCUT2D eigenvalue weighted by Crippen LogP contribution is -1.94. The Morgan fingerprint density at radius 2 is 1.09 bits per heavy atom. The molecule has 1 aromatic heterocycles. The lowest BCUT2D eigenvalue weighted by atomic mass is 10.0. The van der Waals surface area contributed by atoms with Crippen LogP contribution in [-0.2, 0) is 0 Å². The van der Waals surface area contributed by atoms with Crippen LogP contribution >= 0.6 is 0 Å². The molecule has 0 saturated heterocycles. The SMILES string of the molecule is Cc1ccc(-c2cc(C(F)F)cc(-c3ccc(C)cc3)n2)cc1. The molecule has 0 unspecified atom stereocenters. The van der Waals surface area contributed by atoms with E-state index in [1.807, 2.05) is 62.4 Å². The fraction of sp³-hybridized carbons (Fsp3) is 0.150. The molecule has 0 radical (unpaired) electrons. The quantitative estimate of drug-likeness (QED) is 0.581. The fourth-order valence-electron chi connectivity index (χ4n) is 2.42. The highest BCUT2D eigenvalue weighted by molar-refractivity contribution is 5.67. The topological polar surface area (TPSA) is 12.9 Å². The first-order valence-corrected chi connectivity index (χ1v) is 7.47. The van der Waals surface area contributed by atoms with Crippen molar-refractivity contribution >= 4 is 0 Å². The van der Waals surface area contributed by atoms with Gasteiger partial charge in [-0.05, 0) is 26.0 Å². The second-order valence-electron chi connectivity index (χ2n) is 5.70. The fourth-order valence-corrected chi connectivity index (χ4v) is 2.42. The average Bonchev–Trinajstić information content (AvgIpc) is 2.55. The number of aryl methyl sites for hydroxylation is 2.